The molecular formula is C11H5BrF2N2O. The van der Waals surface area contributed by atoms with Crippen molar-refractivity contribution in [3.8, 4) is 17.9 Å². The fourth-order valence-electron chi connectivity index (χ4n) is 1.08. The third-order valence-corrected chi connectivity index (χ3v) is 2.22. The second-order valence-corrected chi connectivity index (χ2v) is 3.76. The van der Waals surface area contributed by atoms with Gasteiger partial charge in [-0.15, -0.1) is 0 Å². The molecule has 1 aromatic carbocycles. The van der Waals surface area contributed by atoms with Crippen molar-refractivity contribution in [1.82, 2.24) is 0 Å². The topological polar surface area (TPSA) is 56.8 Å². The van der Waals surface area contributed by atoms with Gasteiger partial charge in [-0.2, -0.15) is 19.3 Å². The largest absolute Gasteiger partial charge is 0.434 e. The normalized spacial score (nSPS) is 9.29. The summed E-state index contributed by atoms with van der Waals surface area (Å²) in [7, 11) is 0. The van der Waals surface area contributed by atoms with Gasteiger partial charge in [-0.1, -0.05) is 15.9 Å². The number of benzene rings is 1. The maximum absolute atomic E-state index is 12.1. The van der Waals surface area contributed by atoms with Gasteiger partial charge < -0.3 is 4.74 Å². The van der Waals surface area contributed by atoms with E-state index in [0.29, 0.717) is 4.47 Å². The lowest BCUT2D eigenvalue weighted by molar-refractivity contribution is -0.0499. The zero-order valence-electron chi connectivity index (χ0n) is 8.32. The Hall–Kier alpha value is -1.92. The number of ether oxygens (including phenoxy) is 1. The molecule has 0 aliphatic carbocycles. The van der Waals surface area contributed by atoms with Gasteiger partial charge in [0.05, 0.1) is 0 Å². The molecule has 0 heterocycles. The molecule has 0 unspecified atom stereocenters. The standard InChI is InChI=1S/C11H5BrF2N2O/c12-9-1-2-10(17-11(13)14)8(4-9)3-7(5-15)6-16/h1-4,11H. The number of halogens is 3. The Morgan fingerprint density at radius 2 is 2.00 bits per heavy atom. The number of hydrogen-bond acceptors (Lipinski definition) is 3. The van der Waals surface area contributed by atoms with Gasteiger partial charge in [0.15, 0.2) is 0 Å². The predicted octanol–water partition coefficient (Wildman–Crippen LogP) is 3.48. The minimum atomic E-state index is -2.96. The molecule has 0 saturated heterocycles. The van der Waals surface area contributed by atoms with Crippen LogP contribution in [0.5, 0.6) is 5.75 Å². The molecule has 0 saturated carbocycles. The van der Waals surface area contributed by atoms with Gasteiger partial charge in [-0.05, 0) is 24.3 Å². The van der Waals surface area contributed by atoms with Gasteiger partial charge in [-0.3, -0.25) is 0 Å². The van der Waals surface area contributed by atoms with Crippen LogP contribution in [-0.4, -0.2) is 6.61 Å². The van der Waals surface area contributed by atoms with Gasteiger partial charge in [-0.25, -0.2) is 0 Å². The molecule has 0 spiro atoms. The highest BCUT2D eigenvalue weighted by Gasteiger charge is 2.09. The number of rotatable bonds is 3. The van der Waals surface area contributed by atoms with E-state index < -0.39 is 6.61 Å². The Labute approximate surface area is 105 Å². The quantitative estimate of drug-likeness (QED) is 0.803. The second kappa shape index (κ2) is 5.97. The molecule has 1 rings (SSSR count). The van der Waals surface area contributed by atoms with E-state index in [4.69, 9.17) is 10.5 Å². The van der Waals surface area contributed by atoms with E-state index in [2.05, 4.69) is 20.7 Å². The van der Waals surface area contributed by atoms with Crippen LogP contribution in [0.3, 0.4) is 0 Å². The summed E-state index contributed by atoms with van der Waals surface area (Å²) in [5.74, 6) is -0.0915. The average Bonchev–Trinajstić information content (AvgIpc) is 2.28. The van der Waals surface area contributed by atoms with Gasteiger partial charge in [0, 0.05) is 10.0 Å². The van der Waals surface area contributed by atoms with Gasteiger partial charge in [0.2, 0.25) is 0 Å². The van der Waals surface area contributed by atoms with Crippen molar-refractivity contribution in [2.24, 2.45) is 0 Å². The number of hydrogen-bond donors (Lipinski definition) is 0. The monoisotopic (exact) mass is 298 g/mol. The van der Waals surface area contributed by atoms with Crippen LogP contribution < -0.4 is 4.74 Å². The van der Waals surface area contributed by atoms with Crippen LogP contribution >= 0.6 is 15.9 Å². The Morgan fingerprint density at radius 3 is 2.53 bits per heavy atom. The first kappa shape index (κ1) is 13.1. The van der Waals surface area contributed by atoms with Crippen LogP contribution in [0.15, 0.2) is 28.2 Å². The summed E-state index contributed by atoms with van der Waals surface area (Å²) < 4.78 is 29.1. The first-order valence-electron chi connectivity index (χ1n) is 4.33. The molecule has 6 heteroatoms. The first-order valence-corrected chi connectivity index (χ1v) is 5.12. The van der Waals surface area contributed by atoms with Crippen LogP contribution in [0, 0.1) is 22.7 Å². The summed E-state index contributed by atoms with van der Waals surface area (Å²) in [6.45, 7) is -2.96. The van der Waals surface area contributed by atoms with Crippen molar-refractivity contribution in [3.63, 3.8) is 0 Å². The van der Waals surface area contributed by atoms with Gasteiger partial charge in [0.1, 0.15) is 23.5 Å². The van der Waals surface area contributed by atoms with Gasteiger partial charge in [0.25, 0.3) is 0 Å². The summed E-state index contributed by atoms with van der Waals surface area (Å²) in [6, 6.07) is 7.61. The molecule has 0 bridgehead atoms. The minimum Gasteiger partial charge on any atom is -0.434 e. The van der Waals surface area contributed by atoms with E-state index in [1.165, 1.54) is 24.3 Å². The van der Waals surface area contributed by atoms with Crippen molar-refractivity contribution in [3.05, 3.63) is 33.8 Å². The zero-order valence-corrected chi connectivity index (χ0v) is 9.91. The van der Waals surface area contributed by atoms with Crippen molar-refractivity contribution >= 4 is 22.0 Å². The third kappa shape index (κ3) is 3.86. The number of nitrogens with zero attached hydrogens (tertiary/aromatic N) is 2. The molecule has 3 nitrogen and oxygen atoms in total. The van der Waals surface area contributed by atoms with Crippen LogP contribution in [0.1, 0.15) is 5.56 Å². The first-order chi connectivity index (χ1) is 8.06. The van der Waals surface area contributed by atoms with Crippen molar-refractivity contribution in [2.45, 2.75) is 6.61 Å². The SMILES string of the molecule is N#CC(C#N)=Cc1cc(Br)ccc1OC(F)F. The molecule has 0 N–H and O–H groups in total. The number of alkyl halides is 2. The van der Waals surface area contributed by atoms with Crippen LogP contribution in [-0.2, 0) is 0 Å². The molecule has 0 amide bonds. The highest BCUT2D eigenvalue weighted by Crippen LogP contribution is 2.26. The maximum Gasteiger partial charge on any atom is 0.387 e. The lowest BCUT2D eigenvalue weighted by atomic mass is 10.1. The molecule has 17 heavy (non-hydrogen) atoms. The minimum absolute atomic E-state index is 0.0915. The van der Waals surface area contributed by atoms with Gasteiger partial charge >= 0.3 is 6.61 Å². The van der Waals surface area contributed by atoms with E-state index in [1.54, 1.807) is 12.1 Å². The number of allylic oxidation sites excluding steroid dienone is 1. The molecule has 0 aliphatic rings. The van der Waals surface area contributed by atoms with E-state index in [9.17, 15) is 8.78 Å². The van der Waals surface area contributed by atoms with Crippen molar-refractivity contribution < 1.29 is 13.5 Å². The fourth-order valence-corrected chi connectivity index (χ4v) is 1.46. The smallest absolute Gasteiger partial charge is 0.387 e. The molecule has 0 aliphatic heterocycles. The fraction of sp³-hybridized carbons (Fsp3) is 0.0909. The van der Waals surface area contributed by atoms with Crippen LogP contribution in [0.25, 0.3) is 6.08 Å². The molecule has 0 fully saturated rings. The summed E-state index contributed by atoms with van der Waals surface area (Å²) in [6.07, 6.45) is 1.18. The van der Waals surface area contributed by atoms with E-state index in [0.717, 1.165) is 0 Å². The molecule has 86 valence electrons. The maximum atomic E-state index is 12.1. The second-order valence-electron chi connectivity index (χ2n) is 2.84. The lowest BCUT2D eigenvalue weighted by Gasteiger charge is -2.08. The molecule has 0 atom stereocenters. The van der Waals surface area contributed by atoms with Crippen LogP contribution in [0.4, 0.5) is 8.78 Å². The molecule has 0 radical (unpaired) electrons. The molecule has 0 aromatic heterocycles. The Morgan fingerprint density at radius 1 is 1.35 bits per heavy atom. The number of nitriles is 2. The highest BCUT2D eigenvalue weighted by molar-refractivity contribution is 9.10. The summed E-state index contributed by atoms with van der Waals surface area (Å²) in [4.78, 5) is 0. The Kier molecular flexibility index (Phi) is 4.62. The summed E-state index contributed by atoms with van der Waals surface area (Å²) in [5, 5.41) is 17.2. The lowest BCUT2D eigenvalue weighted by Crippen LogP contribution is -2.03. The molecular weight excluding hydrogens is 294 g/mol. The summed E-state index contributed by atoms with van der Waals surface area (Å²) in [5.41, 5.74) is 0.0417. The highest BCUT2D eigenvalue weighted by atomic mass is 79.9. The Balaban J connectivity index is 3.22. The average molecular weight is 299 g/mol. The third-order valence-electron chi connectivity index (χ3n) is 1.73. The zero-order chi connectivity index (χ0) is 12.8. The molecule has 1 aromatic rings. The van der Waals surface area contributed by atoms with Crippen LogP contribution in [0.2, 0.25) is 0 Å². The summed E-state index contributed by atoms with van der Waals surface area (Å²) >= 11 is 3.16. The van der Waals surface area contributed by atoms with E-state index in [-0.39, 0.29) is 16.9 Å². The van der Waals surface area contributed by atoms with E-state index in [1.807, 2.05) is 0 Å². The Bertz CT molecular complexity index is 513. The van der Waals surface area contributed by atoms with Crippen molar-refractivity contribution in [1.29, 1.82) is 10.5 Å². The predicted molar refractivity (Wildman–Crippen MR) is 60.0 cm³/mol. The van der Waals surface area contributed by atoms with Crippen molar-refractivity contribution in [2.75, 3.05) is 0 Å². The van der Waals surface area contributed by atoms with E-state index >= 15 is 0 Å².